The quantitative estimate of drug-likeness (QED) is 0.0358. The number of carbonyl (C=O) groups excluding carboxylic acids is 5. The molecule has 12 nitrogen and oxygen atoms in total. The van der Waals surface area contributed by atoms with Crippen LogP contribution in [0.15, 0.2) is 12.3 Å². The largest absolute Gasteiger partial charge is 0.401 e. The second kappa shape index (κ2) is 27.7. The zero-order chi connectivity index (χ0) is 39.7. The minimum atomic E-state index is -0.453. The van der Waals surface area contributed by atoms with Gasteiger partial charge >= 0.3 is 6.03 Å². The fraction of sp³-hybridized carbons (Fsp3) is 0.829. The fourth-order valence-corrected chi connectivity index (χ4v) is 9.26. The van der Waals surface area contributed by atoms with E-state index in [4.69, 9.17) is 5.73 Å². The van der Waals surface area contributed by atoms with Crippen molar-refractivity contribution in [3.63, 3.8) is 0 Å². The first-order valence-electron chi connectivity index (χ1n) is 21.1. The lowest BCUT2D eigenvalue weighted by Crippen LogP contribution is -2.49. The van der Waals surface area contributed by atoms with Gasteiger partial charge in [0.1, 0.15) is 6.29 Å². The van der Waals surface area contributed by atoms with E-state index in [-0.39, 0.29) is 41.9 Å². The molecular weight excluding hydrogens is 703 g/mol. The SMILES string of the molecule is C=C(N)C(CCCCNC(=O)CCCCC1SCC(C)C1C)NC(=O)C(CCCCNC(=O)CCCCC(C)C1NC(=O)NC1CCC)NCCCC=O. The molecule has 0 aliphatic carbocycles. The number of hydrogen-bond acceptors (Lipinski definition) is 8. The van der Waals surface area contributed by atoms with Crippen LogP contribution in [0.4, 0.5) is 4.79 Å². The van der Waals surface area contributed by atoms with Crippen molar-refractivity contribution in [2.45, 2.75) is 173 Å². The summed E-state index contributed by atoms with van der Waals surface area (Å²) in [7, 11) is 0. The van der Waals surface area contributed by atoms with Gasteiger partial charge < -0.3 is 42.4 Å². The molecule has 2 rings (SSSR count). The van der Waals surface area contributed by atoms with Gasteiger partial charge in [0.25, 0.3) is 0 Å². The molecule has 2 heterocycles. The Morgan fingerprint density at radius 1 is 0.870 bits per heavy atom. The molecule has 2 aliphatic rings. The molecule has 8 unspecified atom stereocenters. The topological polar surface area (TPSA) is 184 Å². The van der Waals surface area contributed by atoms with E-state index >= 15 is 0 Å². The number of thioether (sulfide) groups is 1. The molecule has 2 aliphatic heterocycles. The van der Waals surface area contributed by atoms with Crippen molar-refractivity contribution < 1.29 is 24.0 Å². The summed E-state index contributed by atoms with van der Waals surface area (Å²) in [6.45, 7) is 14.6. The summed E-state index contributed by atoms with van der Waals surface area (Å²) >= 11 is 2.09. The maximum absolute atomic E-state index is 13.4. The molecule has 310 valence electrons. The van der Waals surface area contributed by atoms with Crippen LogP contribution >= 0.6 is 11.8 Å². The highest BCUT2D eigenvalue weighted by molar-refractivity contribution is 8.00. The Hall–Kier alpha value is -2.80. The standard InChI is InChI=1S/C41H75N7O5S/c1-6-17-34-39(48-41(53)47-34)29(2)18-7-9-22-37(50)45-26-14-12-20-35(43-24-15-16-27-49)40(52)46-33(32(5)42)19-11-13-25-44-38(51)23-10-8-21-36-31(4)30(3)28-54-36/h27,29-31,33-36,39,43H,5-26,28,42H2,1-4H3,(H,44,51)(H,45,50)(H,46,52)(H2,47,48,53). The number of hydrogen-bond donors (Lipinski definition) is 7. The maximum Gasteiger partial charge on any atom is 0.315 e. The van der Waals surface area contributed by atoms with Crippen molar-refractivity contribution in [1.82, 2.24) is 31.9 Å². The van der Waals surface area contributed by atoms with Gasteiger partial charge in [-0.25, -0.2) is 4.79 Å². The van der Waals surface area contributed by atoms with Crippen molar-refractivity contribution >= 4 is 41.8 Å². The molecule has 8 atom stereocenters. The number of rotatable bonds is 31. The zero-order valence-electron chi connectivity index (χ0n) is 34.0. The smallest absolute Gasteiger partial charge is 0.315 e. The Morgan fingerprint density at radius 3 is 2.09 bits per heavy atom. The summed E-state index contributed by atoms with van der Waals surface area (Å²) in [5.74, 6) is 3.12. The van der Waals surface area contributed by atoms with Crippen LogP contribution < -0.4 is 37.6 Å². The van der Waals surface area contributed by atoms with Gasteiger partial charge in [-0.15, -0.1) is 0 Å². The van der Waals surface area contributed by atoms with Crippen molar-refractivity contribution in [1.29, 1.82) is 0 Å². The van der Waals surface area contributed by atoms with E-state index in [2.05, 4.69) is 77.9 Å². The van der Waals surface area contributed by atoms with Crippen LogP contribution in [0.2, 0.25) is 0 Å². The van der Waals surface area contributed by atoms with Crippen LogP contribution in [0.1, 0.15) is 143 Å². The van der Waals surface area contributed by atoms with E-state index in [1.165, 1.54) is 12.2 Å². The highest BCUT2D eigenvalue weighted by Crippen LogP contribution is 2.39. The van der Waals surface area contributed by atoms with E-state index in [1.807, 2.05) is 0 Å². The van der Waals surface area contributed by atoms with Crippen molar-refractivity contribution in [2.24, 2.45) is 23.5 Å². The van der Waals surface area contributed by atoms with Gasteiger partial charge in [0.15, 0.2) is 0 Å². The Bertz CT molecular complexity index is 1140. The van der Waals surface area contributed by atoms with E-state index in [1.54, 1.807) is 0 Å². The fourth-order valence-electron chi connectivity index (χ4n) is 7.50. The average molecular weight is 778 g/mol. The molecule has 8 N–H and O–H groups in total. The molecule has 13 heteroatoms. The Kier molecular flexibility index (Phi) is 24.3. The first-order chi connectivity index (χ1) is 26.0. The lowest BCUT2D eigenvalue weighted by atomic mass is 9.89. The predicted molar refractivity (Wildman–Crippen MR) is 221 cm³/mol. The monoisotopic (exact) mass is 778 g/mol. The minimum absolute atomic E-state index is 0.0331. The molecule has 0 aromatic rings. The number of aldehydes is 1. The van der Waals surface area contributed by atoms with Crippen molar-refractivity contribution in [3.8, 4) is 0 Å². The van der Waals surface area contributed by atoms with Gasteiger partial charge in [0.2, 0.25) is 17.7 Å². The van der Waals surface area contributed by atoms with Crippen molar-refractivity contribution in [2.75, 3.05) is 25.4 Å². The van der Waals surface area contributed by atoms with Gasteiger partial charge in [-0.1, -0.05) is 53.5 Å². The molecule has 2 fully saturated rings. The van der Waals surface area contributed by atoms with Crippen LogP contribution in [0.3, 0.4) is 0 Å². The molecule has 54 heavy (non-hydrogen) atoms. The Morgan fingerprint density at radius 2 is 1.50 bits per heavy atom. The van der Waals surface area contributed by atoms with Crippen molar-refractivity contribution in [3.05, 3.63) is 12.3 Å². The number of carbonyl (C=O) groups is 5. The third-order valence-electron chi connectivity index (χ3n) is 11.2. The number of amides is 5. The van der Waals surface area contributed by atoms with Crippen LogP contribution in [-0.2, 0) is 19.2 Å². The lowest BCUT2D eigenvalue weighted by Gasteiger charge is -2.24. The molecule has 0 spiro atoms. The lowest BCUT2D eigenvalue weighted by molar-refractivity contribution is -0.124. The van der Waals surface area contributed by atoms with Gasteiger partial charge in [0, 0.05) is 43.3 Å². The second-order valence-corrected chi connectivity index (χ2v) is 17.1. The summed E-state index contributed by atoms with van der Waals surface area (Å²) in [5.41, 5.74) is 6.50. The summed E-state index contributed by atoms with van der Waals surface area (Å²) in [6.07, 6.45) is 15.1. The number of nitrogens with one attached hydrogen (secondary N) is 6. The predicted octanol–water partition coefficient (Wildman–Crippen LogP) is 5.45. The Balaban J connectivity index is 1.63. The van der Waals surface area contributed by atoms with E-state index < -0.39 is 6.04 Å². The zero-order valence-corrected chi connectivity index (χ0v) is 34.8. The van der Waals surface area contributed by atoms with E-state index in [0.29, 0.717) is 69.8 Å². The molecule has 0 saturated carbocycles. The minimum Gasteiger partial charge on any atom is -0.401 e. The summed E-state index contributed by atoms with van der Waals surface area (Å²) < 4.78 is 0. The van der Waals surface area contributed by atoms with Gasteiger partial charge in [-0.05, 0) is 107 Å². The van der Waals surface area contributed by atoms with Gasteiger partial charge in [-0.2, -0.15) is 11.8 Å². The maximum atomic E-state index is 13.4. The molecule has 0 aromatic heterocycles. The van der Waals surface area contributed by atoms with Crippen LogP contribution in [0.5, 0.6) is 0 Å². The molecular formula is C41H75N7O5S. The van der Waals surface area contributed by atoms with Gasteiger partial charge in [-0.3, -0.25) is 14.4 Å². The summed E-state index contributed by atoms with van der Waals surface area (Å²) in [4.78, 5) is 60.8. The van der Waals surface area contributed by atoms with Gasteiger partial charge in [0.05, 0.1) is 24.2 Å². The number of unbranched alkanes of at least 4 members (excludes halogenated alkanes) is 5. The third-order valence-corrected chi connectivity index (χ3v) is 13.0. The summed E-state index contributed by atoms with van der Waals surface area (Å²) in [5, 5.41) is 19.2. The summed E-state index contributed by atoms with van der Waals surface area (Å²) in [6, 6.07) is -0.597. The number of nitrogens with two attached hydrogens (primary N) is 1. The van der Waals surface area contributed by atoms with Crippen LogP contribution in [0, 0.1) is 17.8 Å². The molecule has 0 radical (unpaired) electrons. The molecule has 2 saturated heterocycles. The highest BCUT2D eigenvalue weighted by atomic mass is 32.2. The van der Waals surface area contributed by atoms with E-state index in [0.717, 1.165) is 94.0 Å². The van der Waals surface area contributed by atoms with E-state index in [9.17, 15) is 24.0 Å². The second-order valence-electron chi connectivity index (χ2n) is 15.9. The number of urea groups is 1. The average Bonchev–Trinajstić information content (AvgIpc) is 3.67. The first-order valence-corrected chi connectivity index (χ1v) is 22.1. The van der Waals surface area contributed by atoms with Crippen LogP contribution in [0.25, 0.3) is 0 Å². The third kappa shape index (κ3) is 19.2. The Labute approximate surface area is 330 Å². The molecule has 5 amide bonds. The molecule has 0 aromatic carbocycles. The first kappa shape index (κ1) is 47.4. The molecule has 0 bridgehead atoms. The van der Waals surface area contributed by atoms with Crippen LogP contribution in [-0.4, -0.2) is 84.8 Å². The highest BCUT2D eigenvalue weighted by Gasteiger charge is 2.34. The normalized spacial score (nSPS) is 22.4.